The minimum absolute atomic E-state index is 0.0167. The van der Waals surface area contributed by atoms with Crippen LogP contribution in [0.1, 0.15) is 10.5 Å². The van der Waals surface area contributed by atoms with Gasteiger partial charge in [0.15, 0.2) is 9.84 Å². The van der Waals surface area contributed by atoms with Crippen molar-refractivity contribution in [3.8, 4) is 11.4 Å². The number of rotatable bonds is 3. The molecule has 98 valence electrons. The van der Waals surface area contributed by atoms with Crippen molar-refractivity contribution < 1.29 is 13.2 Å². The van der Waals surface area contributed by atoms with Crippen molar-refractivity contribution in [2.45, 2.75) is 4.90 Å². The molecule has 1 amide bonds. The van der Waals surface area contributed by atoms with E-state index in [0.29, 0.717) is 5.69 Å². The van der Waals surface area contributed by atoms with Gasteiger partial charge in [-0.25, -0.2) is 13.4 Å². The summed E-state index contributed by atoms with van der Waals surface area (Å²) < 4.78 is 23.2. The van der Waals surface area contributed by atoms with Gasteiger partial charge in [-0.05, 0) is 24.3 Å². The molecule has 0 aliphatic rings. The molecule has 0 aliphatic heterocycles. The molecule has 0 atom stereocenters. The Balaban J connectivity index is 2.69. The zero-order valence-corrected chi connectivity index (χ0v) is 10.9. The maximum atomic E-state index is 11.6. The van der Waals surface area contributed by atoms with Crippen LogP contribution in [-0.2, 0) is 9.84 Å². The van der Waals surface area contributed by atoms with Crippen molar-refractivity contribution >= 4 is 15.7 Å². The first kappa shape index (κ1) is 13.2. The molecule has 0 fully saturated rings. The summed E-state index contributed by atoms with van der Waals surface area (Å²) >= 11 is 0. The molecule has 0 aromatic carbocycles. The van der Waals surface area contributed by atoms with Gasteiger partial charge in [-0.3, -0.25) is 9.78 Å². The minimum atomic E-state index is -3.46. The number of hydrogen-bond donors (Lipinski definition) is 1. The summed E-state index contributed by atoms with van der Waals surface area (Å²) in [6.07, 6.45) is 2.60. The lowest BCUT2D eigenvalue weighted by Crippen LogP contribution is -2.15. The van der Waals surface area contributed by atoms with Crippen molar-refractivity contribution in [1.82, 2.24) is 9.97 Å². The lowest BCUT2D eigenvalue weighted by Gasteiger charge is -2.05. The van der Waals surface area contributed by atoms with Gasteiger partial charge < -0.3 is 5.73 Å². The highest BCUT2D eigenvalue weighted by atomic mass is 32.2. The van der Waals surface area contributed by atoms with Crippen LogP contribution < -0.4 is 5.73 Å². The molecule has 2 heterocycles. The standard InChI is InChI=1S/C12H11N3O3S/c1-19(17,18)8-6-10(9-4-2-3-5-14-9)15-11(7-8)12(13)16/h2-7H,1H3,(H2,13,16). The number of nitrogens with zero attached hydrogens (tertiary/aromatic N) is 2. The van der Waals surface area contributed by atoms with E-state index in [4.69, 9.17) is 5.73 Å². The van der Waals surface area contributed by atoms with Gasteiger partial charge in [0.05, 0.1) is 16.3 Å². The van der Waals surface area contributed by atoms with E-state index < -0.39 is 15.7 Å². The quantitative estimate of drug-likeness (QED) is 0.887. The zero-order chi connectivity index (χ0) is 14.0. The van der Waals surface area contributed by atoms with Crippen LogP contribution in [0.25, 0.3) is 11.4 Å². The fourth-order valence-electron chi connectivity index (χ4n) is 1.49. The van der Waals surface area contributed by atoms with Crippen LogP contribution in [-0.4, -0.2) is 30.5 Å². The highest BCUT2D eigenvalue weighted by Gasteiger charge is 2.15. The lowest BCUT2D eigenvalue weighted by atomic mass is 10.2. The van der Waals surface area contributed by atoms with E-state index in [1.54, 1.807) is 24.4 Å². The molecule has 0 unspecified atom stereocenters. The van der Waals surface area contributed by atoms with E-state index >= 15 is 0 Å². The van der Waals surface area contributed by atoms with Crippen LogP contribution in [0.3, 0.4) is 0 Å². The predicted octanol–water partition coefficient (Wildman–Crippen LogP) is 0.646. The first-order chi connectivity index (χ1) is 8.88. The molecule has 0 radical (unpaired) electrons. The average Bonchev–Trinajstić information content (AvgIpc) is 2.38. The summed E-state index contributed by atoms with van der Waals surface area (Å²) in [7, 11) is -3.46. The molecule has 2 aromatic heterocycles. The zero-order valence-electron chi connectivity index (χ0n) is 10.1. The summed E-state index contributed by atoms with van der Waals surface area (Å²) in [5.41, 5.74) is 5.81. The van der Waals surface area contributed by atoms with Crippen LogP contribution in [0.5, 0.6) is 0 Å². The van der Waals surface area contributed by atoms with Crippen molar-refractivity contribution in [3.63, 3.8) is 0 Å². The molecule has 2 aromatic rings. The third-order valence-electron chi connectivity index (χ3n) is 2.41. The van der Waals surface area contributed by atoms with Gasteiger partial charge in [-0.15, -0.1) is 0 Å². The van der Waals surface area contributed by atoms with E-state index in [9.17, 15) is 13.2 Å². The van der Waals surface area contributed by atoms with Gasteiger partial charge in [0.2, 0.25) is 0 Å². The summed E-state index contributed by atoms with van der Waals surface area (Å²) in [4.78, 5) is 19.3. The van der Waals surface area contributed by atoms with E-state index in [1.807, 2.05) is 0 Å². The van der Waals surface area contributed by atoms with Crippen molar-refractivity contribution in [1.29, 1.82) is 0 Å². The maximum absolute atomic E-state index is 11.6. The van der Waals surface area contributed by atoms with Gasteiger partial charge >= 0.3 is 0 Å². The smallest absolute Gasteiger partial charge is 0.267 e. The molecule has 7 heteroatoms. The number of carbonyl (C=O) groups excluding carboxylic acids is 1. The molecule has 19 heavy (non-hydrogen) atoms. The molecule has 2 N–H and O–H groups in total. The van der Waals surface area contributed by atoms with Crippen LogP contribution in [0.15, 0.2) is 41.4 Å². The third kappa shape index (κ3) is 2.94. The second-order valence-electron chi connectivity index (χ2n) is 3.92. The normalized spacial score (nSPS) is 11.2. The Hall–Kier alpha value is -2.28. The number of sulfone groups is 1. The van der Waals surface area contributed by atoms with E-state index in [-0.39, 0.29) is 16.3 Å². The highest BCUT2D eigenvalue weighted by molar-refractivity contribution is 7.90. The van der Waals surface area contributed by atoms with Crippen LogP contribution in [0.2, 0.25) is 0 Å². The minimum Gasteiger partial charge on any atom is -0.364 e. The van der Waals surface area contributed by atoms with Gasteiger partial charge in [0.25, 0.3) is 5.91 Å². The lowest BCUT2D eigenvalue weighted by molar-refractivity contribution is 0.0995. The monoisotopic (exact) mass is 277 g/mol. The molecule has 6 nitrogen and oxygen atoms in total. The fourth-order valence-corrected chi connectivity index (χ4v) is 2.14. The predicted molar refractivity (Wildman–Crippen MR) is 69.1 cm³/mol. The maximum Gasteiger partial charge on any atom is 0.267 e. The molecule has 0 saturated carbocycles. The molecular formula is C12H11N3O3S. The first-order valence-corrected chi connectivity index (χ1v) is 7.20. The van der Waals surface area contributed by atoms with Crippen LogP contribution in [0.4, 0.5) is 0 Å². The van der Waals surface area contributed by atoms with E-state index in [2.05, 4.69) is 9.97 Å². The number of aromatic nitrogens is 2. The molecule has 2 rings (SSSR count). The third-order valence-corrected chi connectivity index (χ3v) is 3.50. The summed E-state index contributed by atoms with van der Waals surface area (Å²) in [6, 6.07) is 7.65. The summed E-state index contributed by atoms with van der Waals surface area (Å²) in [5, 5.41) is 0. The Morgan fingerprint density at radius 2 is 1.95 bits per heavy atom. The Labute approximate surface area is 110 Å². The van der Waals surface area contributed by atoms with Gasteiger partial charge in [-0.1, -0.05) is 6.07 Å². The number of nitrogens with two attached hydrogens (primary N) is 1. The largest absolute Gasteiger partial charge is 0.364 e. The summed E-state index contributed by atoms with van der Waals surface area (Å²) in [6.45, 7) is 0. The van der Waals surface area contributed by atoms with Gasteiger partial charge in [0, 0.05) is 12.5 Å². The Morgan fingerprint density at radius 1 is 1.21 bits per heavy atom. The van der Waals surface area contributed by atoms with Crippen molar-refractivity contribution in [2.75, 3.05) is 6.26 Å². The molecule has 0 aliphatic carbocycles. The number of carbonyl (C=O) groups is 1. The molecule has 0 saturated heterocycles. The SMILES string of the molecule is CS(=O)(=O)c1cc(C(N)=O)nc(-c2ccccn2)c1. The highest BCUT2D eigenvalue weighted by Crippen LogP contribution is 2.19. The van der Waals surface area contributed by atoms with Crippen molar-refractivity contribution in [3.05, 3.63) is 42.2 Å². The first-order valence-electron chi connectivity index (χ1n) is 5.31. The summed E-state index contributed by atoms with van der Waals surface area (Å²) in [5.74, 6) is -0.789. The van der Waals surface area contributed by atoms with Gasteiger partial charge in [0.1, 0.15) is 5.69 Å². The Bertz CT molecular complexity index is 727. The molecular weight excluding hydrogens is 266 g/mol. The topological polar surface area (TPSA) is 103 Å². The van der Waals surface area contributed by atoms with Crippen LogP contribution in [0, 0.1) is 0 Å². The number of pyridine rings is 2. The average molecular weight is 277 g/mol. The second kappa shape index (κ2) is 4.77. The van der Waals surface area contributed by atoms with E-state index in [0.717, 1.165) is 12.3 Å². The number of hydrogen-bond acceptors (Lipinski definition) is 5. The van der Waals surface area contributed by atoms with Crippen LogP contribution >= 0.6 is 0 Å². The van der Waals surface area contributed by atoms with Gasteiger partial charge in [-0.2, -0.15) is 0 Å². The number of primary amides is 1. The molecule has 0 bridgehead atoms. The molecule has 0 spiro atoms. The second-order valence-corrected chi connectivity index (χ2v) is 5.94. The fraction of sp³-hybridized carbons (Fsp3) is 0.0833. The Kier molecular flexibility index (Phi) is 3.30. The van der Waals surface area contributed by atoms with Crippen molar-refractivity contribution in [2.24, 2.45) is 5.73 Å². The number of amides is 1. The Morgan fingerprint density at radius 3 is 2.47 bits per heavy atom. The van der Waals surface area contributed by atoms with E-state index in [1.165, 1.54) is 6.07 Å².